The maximum Gasteiger partial charge on any atom is 0.152 e. The summed E-state index contributed by atoms with van der Waals surface area (Å²) in [7, 11) is 0. The van der Waals surface area contributed by atoms with Gasteiger partial charge in [-0.2, -0.15) is 0 Å². The Hall–Kier alpha value is -0.570. The molecule has 0 aromatic carbocycles. The van der Waals surface area contributed by atoms with E-state index >= 15 is 0 Å². The van der Waals surface area contributed by atoms with E-state index in [0.29, 0.717) is 0 Å². The Kier molecular flexibility index (Phi) is 2.83. The summed E-state index contributed by atoms with van der Waals surface area (Å²) >= 11 is 3.35. The Morgan fingerprint density at radius 2 is 2.38 bits per heavy atom. The Bertz CT molecular complexity index is 286. The van der Waals surface area contributed by atoms with Crippen LogP contribution in [0.5, 0.6) is 5.75 Å². The van der Waals surface area contributed by atoms with Crippen LogP contribution in [0.3, 0.4) is 0 Å². The molecule has 13 heavy (non-hydrogen) atoms. The minimum Gasteiger partial charge on any atom is -0.490 e. The van der Waals surface area contributed by atoms with Gasteiger partial charge < -0.3 is 4.74 Å². The predicted octanol–water partition coefficient (Wildman–Crippen LogP) is 3.02. The van der Waals surface area contributed by atoms with Crippen LogP contribution in [0.4, 0.5) is 0 Å². The molecule has 0 N–H and O–H groups in total. The summed E-state index contributed by atoms with van der Waals surface area (Å²) in [4.78, 5) is 4.09. The predicted molar refractivity (Wildman–Crippen MR) is 54.8 cm³/mol. The molecule has 1 aliphatic rings. The van der Waals surface area contributed by atoms with E-state index < -0.39 is 0 Å². The summed E-state index contributed by atoms with van der Waals surface area (Å²) < 4.78 is 6.43. The van der Waals surface area contributed by atoms with Gasteiger partial charge in [0.2, 0.25) is 0 Å². The smallest absolute Gasteiger partial charge is 0.152 e. The molecule has 0 aliphatic heterocycles. The summed E-state index contributed by atoms with van der Waals surface area (Å²) in [5, 5.41) is 0. The number of nitrogens with zero attached hydrogens (tertiary/aromatic N) is 1. The molecular weight excluding hydrogens is 230 g/mol. The van der Waals surface area contributed by atoms with Crippen molar-refractivity contribution in [3.05, 3.63) is 22.9 Å². The Morgan fingerprint density at radius 1 is 1.54 bits per heavy atom. The molecule has 70 valence electrons. The third-order valence-electron chi connectivity index (χ3n) is 2.42. The van der Waals surface area contributed by atoms with Crippen molar-refractivity contribution in [2.75, 3.05) is 6.61 Å². The lowest BCUT2D eigenvalue weighted by molar-refractivity contribution is 0.179. The number of hydrogen-bond acceptors (Lipinski definition) is 2. The molecule has 1 saturated carbocycles. The van der Waals surface area contributed by atoms with E-state index in [1.807, 2.05) is 12.1 Å². The standard InChI is InChI=1S/C10H12BrNO/c11-10-9(5-2-6-12-10)13-7-8-3-1-4-8/h2,5-6,8H,1,3-4,7H2. The second-order valence-electron chi connectivity index (χ2n) is 3.40. The van der Waals surface area contributed by atoms with Crippen molar-refractivity contribution < 1.29 is 4.74 Å². The van der Waals surface area contributed by atoms with Gasteiger partial charge in [-0.3, -0.25) is 0 Å². The largest absolute Gasteiger partial charge is 0.490 e. The average Bonchev–Trinajstić information content (AvgIpc) is 2.05. The molecule has 0 bridgehead atoms. The summed E-state index contributed by atoms with van der Waals surface area (Å²) in [5.41, 5.74) is 0. The number of rotatable bonds is 3. The number of ether oxygens (including phenoxy) is 1. The van der Waals surface area contributed by atoms with Gasteiger partial charge in [-0.05, 0) is 46.8 Å². The zero-order valence-corrected chi connectivity index (χ0v) is 8.96. The van der Waals surface area contributed by atoms with Gasteiger partial charge >= 0.3 is 0 Å². The minimum atomic E-state index is 0.770. The van der Waals surface area contributed by atoms with Crippen LogP contribution in [0, 0.1) is 5.92 Å². The average molecular weight is 242 g/mol. The lowest BCUT2D eigenvalue weighted by Gasteiger charge is -2.25. The summed E-state index contributed by atoms with van der Waals surface area (Å²) in [5.74, 6) is 1.63. The Labute approximate surface area is 86.5 Å². The van der Waals surface area contributed by atoms with Gasteiger partial charge in [-0.1, -0.05) is 6.42 Å². The van der Waals surface area contributed by atoms with Crippen LogP contribution in [0.25, 0.3) is 0 Å². The van der Waals surface area contributed by atoms with Crippen LogP contribution in [0.1, 0.15) is 19.3 Å². The van der Waals surface area contributed by atoms with Crippen LogP contribution in [0.2, 0.25) is 0 Å². The molecule has 2 nitrogen and oxygen atoms in total. The topological polar surface area (TPSA) is 22.1 Å². The zero-order valence-electron chi connectivity index (χ0n) is 7.37. The molecule has 0 amide bonds. The maximum atomic E-state index is 5.63. The molecule has 1 aromatic heterocycles. The second kappa shape index (κ2) is 4.09. The van der Waals surface area contributed by atoms with Crippen LogP contribution < -0.4 is 4.74 Å². The van der Waals surface area contributed by atoms with E-state index in [1.54, 1.807) is 6.20 Å². The highest BCUT2D eigenvalue weighted by Crippen LogP contribution is 2.28. The zero-order chi connectivity index (χ0) is 9.10. The summed E-state index contributed by atoms with van der Waals surface area (Å²) in [6.07, 6.45) is 5.75. The lowest BCUT2D eigenvalue weighted by atomic mass is 9.86. The Morgan fingerprint density at radius 3 is 3.00 bits per heavy atom. The van der Waals surface area contributed by atoms with Crippen LogP contribution >= 0.6 is 15.9 Å². The van der Waals surface area contributed by atoms with Crippen molar-refractivity contribution in [2.45, 2.75) is 19.3 Å². The number of pyridine rings is 1. The van der Waals surface area contributed by atoms with Gasteiger partial charge in [-0.25, -0.2) is 4.98 Å². The number of aromatic nitrogens is 1. The molecule has 3 heteroatoms. The molecule has 1 heterocycles. The third-order valence-corrected chi connectivity index (χ3v) is 3.02. The van der Waals surface area contributed by atoms with Crippen molar-refractivity contribution in [3.8, 4) is 5.75 Å². The molecule has 1 fully saturated rings. The minimum absolute atomic E-state index is 0.770. The first kappa shape index (κ1) is 9.00. The van der Waals surface area contributed by atoms with E-state index in [1.165, 1.54) is 19.3 Å². The van der Waals surface area contributed by atoms with E-state index in [2.05, 4.69) is 20.9 Å². The van der Waals surface area contributed by atoms with Gasteiger partial charge in [0.15, 0.2) is 5.75 Å². The summed E-state index contributed by atoms with van der Waals surface area (Å²) in [6.45, 7) is 0.838. The van der Waals surface area contributed by atoms with Crippen LogP contribution in [-0.2, 0) is 0 Å². The molecule has 0 saturated heterocycles. The summed E-state index contributed by atoms with van der Waals surface area (Å²) in [6, 6.07) is 3.83. The van der Waals surface area contributed by atoms with Crippen molar-refractivity contribution in [1.29, 1.82) is 0 Å². The SMILES string of the molecule is Brc1ncccc1OCC1CCC1. The highest BCUT2D eigenvalue weighted by Gasteiger charge is 2.18. The first-order valence-electron chi connectivity index (χ1n) is 4.59. The van der Waals surface area contributed by atoms with Gasteiger partial charge in [-0.15, -0.1) is 0 Å². The normalized spacial score (nSPS) is 16.7. The van der Waals surface area contributed by atoms with Gasteiger partial charge in [0.25, 0.3) is 0 Å². The fraction of sp³-hybridized carbons (Fsp3) is 0.500. The van der Waals surface area contributed by atoms with E-state index in [4.69, 9.17) is 4.74 Å². The van der Waals surface area contributed by atoms with Crippen LogP contribution in [0.15, 0.2) is 22.9 Å². The molecule has 0 unspecified atom stereocenters. The molecule has 1 aromatic rings. The van der Waals surface area contributed by atoms with Crippen molar-refractivity contribution >= 4 is 15.9 Å². The van der Waals surface area contributed by atoms with Gasteiger partial charge in [0.1, 0.15) is 4.60 Å². The van der Waals surface area contributed by atoms with Gasteiger partial charge in [0.05, 0.1) is 6.61 Å². The third kappa shape index (κ3) is 2.21. The Balaban J connectivity index is 1.89. The molecule has 0 radical (unpaired) electrons. The molecule has 1 aliphatic carbocycles. The quantitative estimate of drug-likeness (QED) is 0.760. The first-order valence-corrected chi connectivity index (χ1v) is 5.39. The van der Waals surface area contributed by atoms with Gasteiger partial charge in [0, 0.05) is 6.20 Å². The fourth-order valence-corrected chi connectivity index (χ4v) is 1.71. The highest BCUT2D eigenvalue weighted by molar-refractivity contribution is 9.10. The van der Waals surface area contributed by atoms with Crippen molar-refractivity contribution in [1.82, 2.24) is 4.98 Å². The maximum absolute atomic E-state index is 5.63. The van der Waals surface area contributed by atoms with Crippen molar-refractivity contribution in [3.63, 3.8) is 0 Å². The fourth-order valence-electron chi connectivity index (χ4n) is 1.35. The van der Waals surface area contributed by atoms with Crippen molar-refractivity contribution in [2.24, 2.45) is 5.92 Å². The van der Waals surface area contributed by atoms with E-state index in [0.717, 1.165) is 22.9 Å². The second-order valence-corrected chi connectivity index (χ2v) is 4.15. The molecular formula is C10H12BrNO. The highest BCUT2D eigenvalue weighted by atomic mass is 79.9. The van der Waals surface area contributed by atoms with Crippen LogP contribution in [-0.4, -0.2) is 11.6 Å². The first-order chi connectivity index (χ1) is 6.36. The number of hydrogen-bond donors (Lipinski definition) is 0. The molecule has 2 rings (SSSR count). The monoisotopic (exact) mass is 241 g/mol. The van der Waals surface area contributed by atoms with E-state index in [9.17, 15) is 0 Å². The molecule has 0 spiro atoms. The van der Waals surface area contributed by atoms with E-state index in [-0.39, 0.29) is 0 Å². The lowest BCUT2D eigenvalue weighted by Crippen LogP contribution is -2.19. The molecule has 0 atom stereocenters. The number of halogens is 1.